The van der Waals surface area contributed by atoms with Crippen LogP contribution in [0.25, 0.3) is 0 Å². The number of hydrogen-bond acceptors (Lipinski definition) is 5. The predicted octanol–water partition coefficient (Wildman–Crippen LogP) is 1.90. The van der Waals surface area contributed by atoms with Gasteiger partial charge in [0.25, 0.3) is 0 Å². The molecule has 0 atom stereocenters. The second kappa shape index (κ2) is 5.79. The lowest BCUT2D eigenvalue weighted by atomic mass is 10.0. The van der Waals surface area contributed by atoms with E-state index in [1.807, 2.05) is 0 Å². The smallest absolute Gasteiger partial charge is 0.338 e. The van der Waals surface area contributed by atoms with Crippen molar-refractivity contribution in [1.82, 2.24) is 0 Å². The van der Waals surface area contributed by atoms with E-state index in [9.17, 15) is 9.59 Å². The molecule has 0 spiro atoms. The van der Waals surface area contributed by atoms with E-state index in [0.717, 1.165) is 0 Å². The van der Waals surface area contributed by atoms with Gasteiger partial charge in [0.1, 0.15) is 5.71 Å². The Labute approximate surface area is 98.7 Å². The second-order valence-corrected chi connectivity index (χ2v) is 3.28. The van der Waals surface area contributed by atoms with Crippen molar-refractivity contribution < 1.29 is 19.5 Å². The molecule has 0 amide bonds. The van der Waals surface area contributed by atoms with Crippen LogP contribution in [0.2, 0.25) is 0 Å². The van der Waals surface area contributed by atoms with E-state index < -0.39 is 11.8 Å². The summed E-state index contributed by atoms with van der Waals surface area (Å²) in [5.41, 5.74) is 0.255. The van der Waals surface area contributed by atoms with E-state index in [-0.39, 0.29) is 23.4 Å². The topological polar surface area (TPSA) is 76.0 Å². The molecule has 1 aromatic carbocycles. The molecule has 17 heavy (non-hydrogen) atoms. The summed E-state index contributed by atoms with van der Waals surface area (Å²) in [6, 6.07) is 6.24. The molecule has 1 rings (SSSR count). The highest BCUT2D eigenvalue weighted by atomic mass is 16.5. The van der Waals surface area contributed by atoms with E-state index >= 15 is 0 Å². The van der Waals surface area contributed by atoms with Crippen LogP contribution in [-0.4, -0.2) is 29.3 Å². The third-order valence-electron chi connectivity index (χ3n) is 2.15. The number of Topliss-reactive ketones (excluding diaryl/α,β-unsaturated/α-hetero) is 1. The number of rotatable bonds is 4. The van der Waals surface area contributed by atoms with Crippen molar-refractivity contribution in [3.8, 4) is 0 Å². The summed E-state index contributed by atoms with van der Waals surface area (Å²) in [6.45, 7) is 3.28. The fraction of sp³-hybridized carbons (Fsp3) is 0.250. The normalized spacial score (nSPS) is 11.1. The maximum atomic E-state index is 11.8. The largest absolute Gasteiger partial charge is 0.462 e. The highest BCUT2D eigenvalue weighted by Gasteiger charge is 2.19. The van der Waals surface area contributed by atoms with Gasteiger partial charge in [-0.2, -0.15) is 0 Å². The van der Waals surface area contributed by atoms with Gasteiger partial charge < -0.3 is 9.94 Å². The second-order valence-electron chi connectivity index (χ2n) is 3.28. The summed E-state index contributed by atoms with van der Waals surface area (Å²) in [6.07, 6.45) is 0. The van der Waals surface area contributed by atoms with Crippen molar-refractivity contribution in [3.05, 3.63) is 35.4 Å². The molecule has 0 saturated heterocycles. The first-order valence-corrected chi connectivity index (χ1v) is 5.11. The van der Waals surface area contributed by atoms with Crippen LogP contribution in [0.15, 0.2) is 29.4 Å². The van der Waals surface area contributed by atoms with E-state index in [0.29, 0.717) is 0 Å². The Bertz CT molecular complexity index is 465. The van der Waals surface area contributed by atoms with Gasteiger partial charge in [0.2, 0.25) is 5.78 Å². The van der Waals surface area contributed by atoms with Crippen LogP contribution in [0.3, 0.4) is 0 Å². The lowest BCUT2D eigenvalue weighted by Gasteiger charge is -2.06. The van der Waals surface area contributed by atoms with Crippen molar-refractivity contribution in [2.45, 2.75) is 13.8 Å². The molecule has 1 N–H and O–H groups in total. The number of nitrogens with zero attached hydrogens (tertiary/aromatic N) is 1. The molecule has 0 unspecified atom stereocenters. The maximum Gasteiger partial charge on any atom is 0.338 e. The monoisotopic (exact) mass is 235 g/mol. The molecule has 0 saturated carbocycles. The zero-order valence-electron chi connectivity index (χ0n) is 9.64. The molecule has 1 aromatic rings. The minimum Gasteiger partial charge on any atom is -0.462 e. The Morgan fingerprint density at radius 3 is 2.41 bits per heavy atom. The number of oxime groups is 1. The van der Waals surface area contributed by atoms with Gasteiger partial charge in [0.15, 0.2) is 0 Å². The van der Waals surface area contributed by atoms with Crippen molar-refractivity contribution in [2.24, 2.45) is 5.16 Å². The van der Waals surface area contributed by atoms with Crippen LogP contribution in [0, 0.1) is 0 Å². The Kier molecular flexibility index (Phi) is 4.39. The molecule has 0 fully saturated rings. The van der Waals surface area contributed by atoms with E-state index in [2.05, 4.69) is 5.16 Å². The average Bonchev–Trinajstić information content (AvgIpc) is 2.37. The summed E-state index contributed by atoms with van der Waals surface area (Å²) < 4.78 is 4.84. The quantitative estimate of drug-likeness (QED) is 0.284. The molecule has 5 nitrogen and oxygen atoms in total. The number of benzene rings is 1. The first kappa shape index (κ1) is 12.9. The summed E-state index contributed by atoms with van der Waals surface area (Å²) >= 11 is 0. The average molecular weight is 235 g/mol. The fourth-order valence-corrected chi connectivity index (χ4v) is 1.31. The van der Waals surface area contributed by atoms with Crippen LogP contribution in [-0.2, 0) is 4.74 Å². The first-order chi connectivity index (χ1) is 8.11. The van der Waals surface area contributed by atoms with Crippen LogP contribution in [0.4, 0.5) is 0 Å². The van der Waals surface area contributed by atoms with Crippen molar-refractivity contribution in [1.29, 1.82) is 0 Å². The summed E-state index contributed by atoms with van der Waals surface area (Å²) in [7, 11) is 0. The summed E-state index contributed by atoms with van der Waals surface area (Å²) in [4.78, 5) is 23.4. The molecular weight excluding hydrogens is 222 g/mol. The van der Waals surface area contributed by atoms with E-state index in [1.165, 1.54) is 19.1 Å². The summed E-state index contributed by atoms with van der Waals surface area (Å²) in [5.74, 6) is -1.07. The fourth-order valence-electron chi connectivity index (χ4n) is 1.31. The minimum atomic E-state index is -0.567. The highest BCUT2D eigenvalue weighted by molar-refractivity contribution is 6.46. The number of ether oxygens (including phenoxy) is 1. The standard InChI is InChI=1S/C12H13NO4/c1-3-17-12(15)10-7-5-4-6-9(10)11(14)8(2)13-16/h4-7,16H,3H2,1-2H3. The Hall–Kier alpha value is -2.17. The number of ketones is 1. The summed E-state index contributed by atoms with van der Waals surface area (Å²) in [5, 5.41) is 11.4. The first-order valence-electron chi connectivity index (χ1n) is 5.11. The molecule has 0 aliphatic rings. The SMILES string of the molecule is CCOC(=O)c1ccccc1C(=O)C(C)=NO. The zero-order valence-corrected chi connectivity index (χ0v) is 9.64. The molecular formula is C12H13NO4. The Balaban J connectivity index is 3.17. The number of hydrogen-bond donors (Lipinski definition) is 1. The minimum absolute atomic E-state index is 0.0817. The zero-order chi connectivity index (χ0) is 12.8. The van der Waals surface area contributed by atoms with Gasteiger partial charge in [0, 0.05) is 5.56 Å². The molecule has 0 aromatic heterocycles. The third kappa shape index (κ3) is 2.90. The molecule has 0 aliphatic carbocycles. The maximum absolute atomic E-state index is 11.8. The lowest BCUT2D eigenvalue weighted by Crippen LogP contribution is -2.16. The number of carbonyl (C=O) groups is 2. The van der Waals surface area contributed by atoms with Crippen molar-refractivity contribution >= 4 is 17.5 Å². The van der Waals surface area contributed by atoms with Crippen LogP contribution >= 0.6 is 0 Å². The van der Waals surface area contributed by atoms with E-state index in [1.54, 1.807) is 19.1 Å². The van der Waals surface area contributed by atoms with Crippen molar-refractivity contribution in [3.63, 3.8) is 0 Å². The van der Waals surface area contributed by atoms with Crippen molar-refractivity contribution in [2.75, 3.05) is 6.61 Å². The molecule has 0 radical (unpaired) electrons. The molecule has 0 heterocycles. The van der Waals surface area contributed by atoms with Crippen LogP contribution < -0.4 is 0 Å². The highest BCUT2D eigenvalue weighted by Crippen LogP contribution is 2.12. The van der Waals surface area contributed by atoms with Crippen LogP contribution in [0.5, 0.6) is 0 Å². The van der Waals surface area contributed by atoms with Gasteiger partial charge in [0.05, 0.1) is 12.2 Å². The van der Waals surface area contributed by atoms with Gasteiger partial charge in [-0.05, 0) is 19.9 Å². The van der Waals surface area contributed by atoms with Gasteiger partial charge in [-0.15, -0.1) is 0 Å². The van der Waals surface area contributed by atoms with E-state index in [4.69, 9.17) is 9.94 Å². The van der Waals surface area contributed by atoms with Gasteiger partial charge in [-0.25, -0.2) is 4.79 Å². The van der Waals surface area contributed by atoms with Gasteiger partial charge in [-0.1, -0.05) is 23.4 Å². The molecule has 5 heteroatoms. The molecule has 90 valence electrons. The number of carbonyl (C=O) groups excluding carboxylic acids is 2. The Morgan fingerprint density at radius 1 is 1.29 bits per heavy atom. The number of esters is 1. The predicted molar refractivity (Wildman–Crippen MR) is 61.6 cm³/mol. The lowest BCUT2D eigenvalue weighted by molar-refractivity contribution is 0.0523. The molecule has 0 bridgehead atoms. The Morgan fingerprint density at radius 2 is 1.88 bits per heavy atom. The molecule has 0 aliphatic heterocycles. The van der Waals surface area contributed by atoms with Crippen LogP contribution in [0.1, 0.15) is 34.6 Å². The van der Waals surface area contributed by atoms with Gasteiger partial charge in [-0.3, -0.25) is 4.79 Å². The van der Waals surface area contributed by atoms with Gasteiger partial charge >= 0.3 is 5.97 Å². The third-order valence-corrected chi connectivity index (χ3v) is 2.15.